The molecule has 2 N–H and O–H groups in total. The van der Waals surface area contributed by atoms with Gasteiger partial charge < -0.3 is 10.6 Å². The van der Waals surface area contributed by atoms with Crippen molar-refractivity contribution in [2.75, 3.05) is 25.4 Å². The van der Waals surface area contributed by atoms with Gasteiger partial charge in [0, 0.05) is 30.9 Å². The molecule has 2 fully saturated rings. The molecule has 1 aromatic rings. The molecule has 0 saturated carbocycles. The number of hydrogen-bond acceptors (Lipinski definition) is 3. The van der Waals surface area contributed by atoms with Gasteiger partial charge in [0.1, 0.15) is 0 Å². The number of rotatable bonds is 2. The van der Waals surface area contributed by atoms with Gasteiger partial charge in [-0.25, -0.2) is 0 Å². The second kappa shape index (κ2) is 8.04. The number of anilines is 1. The van der Waals surface area contributed by atoms with Gasteiger partial charge in [0.05, 0.1) is 6.42 Å². The number of amides is 1. The summed E-state index contributed by atoms with van der Waals surface area (Å²) in [4.78, 5) is 17.1. The quantitative estimate of drug-likeness (QED) is 0.837. The highest BCUT2D eigenvalue weighted by Crippen LogP contribution is 2.25. The molecule has 2 aliphatic rings. The van der Waals surface area contributed by atoms with Crippen molar-refractivity contribution in [2.24, 2.45) is 0 Å². The summed E-state index contributed by atoms with van der Waals surface area (Å²) in [6.07, 6.45) is 2.99. The van der Waals surface area contributed by atoms with Crippen LogP contribution in [0.25, 0.3) is 0 Å². The van der Waals surface area contributed by atoms with Gasteiger partial charge in [-0.3, -0.25) is 9.69 Å². The van der Waals surface area contributed by atoms with Crippen molar-refractivity contribution in [2.45, 2.75) is 38.3 Å². The third-order valence-electron chi connectivity index (χ3n) is 4.59. The first-order valence-corrected chi connectivity index (χ1v) is 7.51. The number of nitrogens with zero attached hydrogens (tertiary/aromatic N) is 2. The van der Waals surface area contributed by atoms with Crippen LogP contribution < -0.4 is 5.73 Å². The van der Waals surface area contributed by atoms with E-state index in [1.54, 1.807) is 0 Å². The molecule has 0 aromatic heterocycles. The largest absolute Gasteiger partial charge is 0.399 e. The Labute approximate surface area is 144 Å². The monoisotopic (exact) mass is 345 g/mol. The average Bonchev–Trinajstić information content (AvgIpc) is 2.87. The van der Waals surface area contributed by atoms with E-state index in [9.17, 15) is 4.79 Å². The SMILES string of the molecule is CC1CN2CCCC2CN1C(=O)Cc1ccc(N)cc1.Cl.Cl. The highest BCUT2D eigenvalue weighted by atomic mass is 35.5. The van der Waals surface area contributed by atoms with Crippen molar-refractivity contribution >= 4 is 36.4 Å². The first kappa shape index (κ1) is 19.1. The van der Waals surface area contributed by atoms with E-state index in [1.165, 1.54) is 19.4 Å². The van der Waals surface area contributed by atoms with Crippen molar-refractivity contribution in [1.29, 1.82) is 0 Å². The van der Waals surface area contributed by atoms with Crippen LogP contribution in [0.4, 0.5) is 5.69 Å². The number of nitrogens with two attached hydrogens (primary N) is 1. The zero-order valence-electron chi connectivity index (χ0n) is 12.9. The lowest BCUT2D eigenvalue weighted by molar-refractivity contribution is -0.136. The average molecular weight is 346 g/mol. The maximum atomic E-state index is 12.5. The smallest absolute Gasteiger partial charge is 0.227 e. The summed E-state index contributed by atoms with van der Waals surface area (Å²) in [5, 5.41) is 0. The number of carbonyl (C=O) groups is 1. The van der Waals surface area contributed by atoms with E-state index in [4.69, 9.17) is 5.73 Å². The van der Waals surface area contributed by atoms with E-state index in [1.807, 2.05) is 24.3 Å². The predicted molar refractivity (Wildman–Crippen MR) is 94.8 cm³/mol. The number of hydrogen-bond donors (Lipinski definition) is 1. The molecule has 3 rings (SSSR count). The summed E-state index contributed by atoms with van der Waals surface area (Å²) >= 11 is 0. The summed E-state index contributed by atoms with van der Waals surface area (Å²) in [6.45, 7) is 5.29. The van der Waals surface area contributed by atoms with Gasteiger partial charge in [0.2, 0.25) is 5.91 Å². The molecular formula is C16H25Cl2N3O. The molecule has 2 aliphatic heterocycles. The van der Waals surface area contributed by atoms with Crippen LogP contribution in [-0.4, -0.2) is 47.4 Å². The molecule has 1 amide bonds. The predicted octanol–water partition coefficient (Wildman–Crippen LogP) is 2.35. The molecule has 2 heterocycles. The summed E-state index contributed by atoms with van der Waals surface area (Å²) in [5.41, 5.74) is 7.47. The number of halogens is 2. The molecule has 0 bridgehead atoms. The van der Waals surface area contributed by atoms with Crippen LogP contribution in [0.1, 0.15) is 25.3 Å². The first-order chi connectivity index (χ1) is 9.63. The molecule has 22 heavy (non-hydrogen) atoms. The standard InChI is InChI=1S/C16H23N3O.2ClH/c1-12-10-18-8-2-3-15(18)11-19(12)16(20)9-13-4-6-14(17)7-5-13;;/h4-7,12,15H,2-3,8-11,17H2,1H3;2*1H. The molecule has 6 heteroatoms. The maximum absolute atomic E-state index is 12.5. The molecule has 124 valence electrons. The van der Waals surface area contributed by atoms with Crippen molar-refractivity contribution in [1.82, 2.24) is 9.80 Å². The van der Waals surface area contributed by atoms with Gasteiger partial charge in [0.15, 0.2) is 0 Å². The Morgan fingerprint density at radius 3 is 2.59 bits per heavy atom. The van der Waals surface area contributed by atoms with E-state index in [-0.39, 0.29) is 30.7 Å². The second-order valence-corrected chi connectivity index (χ2v) is 6.10. The topological polar surface area (TPSA) is 49.6 Å². The first-order valence-electron chi connectivity index (χ1n) is 7.51. The van der Waals surface area contributed by atoms with Crippen molar-refractivity contribution < 1.29 is 4.79 Å². The fourth-order valence-electron chi connectivity index (χ4n) is 3.45. The number of benzene rings is 1. The summed E-state index contributed by atoms with van der Waals surface area (Å²) < 4.78 is 0. The van der Waals surface area contributed by atoms with Gasteiger partial charge in [-0.1, -0.05) is 12.1 Å². The fraction of sp³-hybridized carbons (Fsp3) is 0.562. The molecule has 1 aromatic carbocycles. The van der Waals surface area contributed by atoms with E-state index >= 15 is 0 Å². The third kappa shape index (κ3) is 4.06. The van der Waals surface area contributed by atoms with Crippen LogP contribution >= 0.6 is 24.8 Å². The minimum Gasteiger partial charge on any atom is -0.399 e. The molecule has 2 unspecified atom stereocenters. The zero-order valence-corrected chi connectivity index (χ0v) is 14.5. The third-order valence-corrected chi connectivity index (χ3v) is 4.59. The molecule has 2 saturated heterocycles. The minimum absolute atomic E-state index is 0. The van der Waals surface area contributed by atoms with Crippen LogP contribution in [0.15, 0.2) is 24.3 Å². The Bertz CT molecular complexity index is 495. The van der Waals surface area contributed by atoms with E-state index in [0.717, 1.165) is 24.3 Å². The summed E-state index contributed by atoms with van der Waals surface area (Å²) in [7, 11) is 0. The molecular weight excluding hydrogens is 321 g/mol. The molecule has 0 radical (unpaired) electrons. The zero-order chi connectivity index (χ0) is 14.1. The highest BCUT2D eigenvalue weighted by molar-refractivity contribution is 5.85. The summed E-state index contributed by atoms with van der Waals surface area (Å²) in [5.74, 6) is 0.244. The van der Waals surface area contributed by atoms with Crippen LogP contribution in [0.3, 0.4) is 0 Å². The lowest BCUT2D eigenvalue weighted by Crippen LogP contribution is -2.57. The van der Waals surface area contributed by atoms with Gasteiger partial charge in [-0.2, -0.15) is 0 Å². The Balaban J connectivity index is 0.00000121. The normalized spacial score (nSPS) is 24.1. The number of fused-ring (bicyclic) bond motifs is 1. The molecule has 2 atom stereocenters. The Morgan fingerprint density at radius 2 is 1.91 bits per heavy atom. The minimum atomic E-state index is 0. The fourth-order valence-corrected chi connectivity index (χ4v) is 3.45. The van der Waals surface area contributed by atoms with Crippen molar-refractivity contribution in [3.63, 3.8) is 0 Å². The number of piperazine rings is 1. The molecule has 0 aliphatic carbocycles. The molecule has 4 nitrogen and oxygen atoms in total. The van der Waals surface area contributed by atoms with Crippen LogP contribution in [0, 0.1) is 0 Å². The van der Waals surface area contributed by atoms with Crippen LogP contribution in [0.2, 0.25) is 0 Å². The lowest BCUT2D eigenvalue weighted by Gasteiger charge is -2.42. The van der Waals surface area contributed by atoms with Gasteiger partial charge in [0.25, 0.3) is 0 Å². The van der Waals surface area contributed by atoms with Crippen LogP contribution in [-0.2, 0) is 11.2 Å². The number of carbonyl (C=O) groups excluding carboxylic acids is 1. The Kier molecular flexibility index (Phi) is 6.98. The van der Waals surface area contributed by atoms with Gasteiger partial charge in [-0.05, 0) is 44.0 Å². The Morgan fingerprint density at radius 1 is 1.23 bits per heavy atom. The van der Waals surface area contributed by atoms with E-state index < -0.39 is 0 Å². The molecule has 0 spiro atoms. The van der Waals surface area contributed by atoms with Crippen LogP contribution in [0.5, 0.6) is 0 Å². The van der Waals surface area contributed by atoms with Crippen molar-refractivity contribution in [3.05, 3.63) is 29.8 Å². The van der Waals surface area contributed by atoms with Crippen molar-refractivity contribution in [3.8, 4) is 0 Å². The maximum Gasteiger partial charge on any atom is 0.227 e. The van der Waals surface area contributed by atoms with E-state index in [0.29, 0.717) is 18.5 Å². The van der Waals surface area contributed by atoms with Gasteiger partial charge >= 0.3 is 0 Å². The van der Waals surface area contributed by atoms with E-state index in [2.05, 4.69) is 16.7 Å². The highest BCUT2D eigenvalue weighted by Gasteiger charge is 2.36. The summed E-state index contributed by atoms with van der Waals surface area (Å²) in [6, 6.07) is 8.53. The second-order valence-electron chi connectivity index (χ2n) is 6.10. The van der Waals surface area contributed by atoms with Gasteiger partial charge in [-0.15, -0.1) is 24.8 Å². The lowest BCUT2D eigenvalue weighted by atomic mass is 10.1. The number of nitrogen functional groups attached to an aromatic ring is 1. The Hall–Kier alpha value is -0.970.